The van der Waals surface area contributed by atoms with Gasteiger partial charge in [0.2, 0.25) is 5.91 Å². The SMILES string of the molecule is CCC(N)CC(=O)N(CCOC)Cc1ccccc1. The molecule has 1 amide bonds. The molecule has 0 saturated carbocycles. The van der Waals surface area contributed by atoms with Crippen LogP contribution in [0, 0.1) is 0 Å². The Balaban J connectivity index is 2.63. The van der Waals surface area contributed by atoms with Crippen molar-refractivity contribution < 1.29 is 9.53 Å². The smallest absolute Gasteiger partial charge is 0.224 e. The Morgan fingerprint density at radius 1 is 1.37 bits per heavy atom. The molecule has 0 spiro atoms. The van der Waals surface area contributed by atoms with Crippen LogP contribution in [0.1, 0.15) is 25.3 Å². The summed E-state index contributed by atoms with van der Waals surface area (Å²) in [4.78, 5) is 14.0. The van der Waals surface area contributed by atoms with Crippen LogP contribution < -0.4 is 5.73 Å². The number of amides is 1. The van der Waals surface area contributed by atoms with Gasteiger partial charge in [0.1, 0.15) is 0 Å². The van der Waals surface area contributed by atoms with Crippen molar-refractivity contribution in [3.05, 3.63) is 35.9 Å². The zero-order chi connectivity index (χ0) is 14.1. The zero-order valence-electron chi connectivity index (χ0n) is 11.8. The van der Waals surface area contributed by atoms with Crippen molar-refractivity contribution in [2.45, 2.75) is 32.4 Å². The minimum atomic E-state index is -0.0617. The molecule has 0 aromatic heterocycles. The molecule has 19 heavy (non-hydrogen) atoms. The van der Waals surface area contributed by atoms with E-state index in [-0.39, 0.29) is 11.9 Å². The number of methoxy groups -OCH3 is 1. The van der Waals surface area contributed by atoms with Gasteiger partial charge in [-0.15, -0.1) is 0 Å². The van der Waals surface area contributed by atoms with Gasteiger partial charge in [-0.2, -0.15) is 0 Å². The first-order chi connectivity index (χ1) is 9.17. The summed E-state index contributed by atoms with van der Waals surface area (Å²) in [6, 6.07) is 9.91. The van der Waals surface area contributed by atoms with Gasteiger partial charge < -0.3 is 15.4 Å². The molecule has 0 radical (unpaired) electrons. The molecule has 4 nitrogen and oxygen atoms in total. The molecule has 106 valence electrons. The summed E-state index contributed by atoms with van der Waals surface area (Å²) in [7, 11) is 1.64. The van der Waals surface area contributed by atoms with Gasteiger partial charge in [0.15, 0.2) is 0 Å². The van der Waals surface area contributed by atoms with Gasteiger partial charge >= 0.3 is 0 Å². The topological polar surface area (TPSA) is 55.6 Å². The minimum Gasteiger partial charge on any atom is -0.383 e. The Bertz CT molecular complexity index is 368. The van der Waals surface area contributed by atoms with Crippen molar-refractivity contribution in [3.63, 3.8) is 0 Å². The number of carbonyl (C=O) groups is 1. The van der Waals surface area contributed by atoms with E-state index in [1.165, 1.54) is 0 Å². The van der Waals surface area contributed by atoms with Gasteiger partial charge in [-0.05, 0) is 12.0 Å². The fraction of sp³-hybridized carbons (Fsp3) is 0.533. The maximum Gasteiger partial charge on any atom is 0.224 e. The number of ether oxygens (including phenoxy) is 1. The number of hydrogen-bond acceptors (Lipinski definition) is 3. The number of rotatable bonds is 8. The van der Waals surface area contributed by atoms with Crippen molar-refractivity contribution in [1.29, 1.82) is 0 Å². The molecule has 0 heterocycles. The summed E-state index contributed by atoms with van der Waals surface area (Å²) in [5, 5.41) is 0. The molecule has 4 heteroatoms. The Morgan fingerprint density at radius 2 is 2.05 bits per heavy atom. The van der Waals surface area contributed by atoms with Crippen molar-refractivity contribution in [2.75, 3.05) is 20.3 Å². The van der Waals surface area contributed by atoms with Gasteiger partial charge in [-0.3, -0.25) is 4.79 Å². The van der Waals surface area contributed by atoms with Crippen LogP contribution >= 0.6 is 0 Å². The van der Waals surface area contributed by atoms with Crippen LogP contribution in [-0.2, 0) is 16.1 Å². The van der Waals surface area contributed by atoms with Crippen LogP contribution in [0.15, 0.2) is 30.3 Å². The lowest BCUT2D eigenvalue weighted by atomic mass is 10.1. The molecule has 0 bridgehead atoms. The van der Waals surface area contributed by atoms with Gasteiger partial charge in [0, 0.05) is 32.7 Å². The zero-order valence-corrected chi connectivity index (χ0v) is 11.8. The molecule has 0 aliphatic rings. The van der Waals surface area contributed by atoms with Gasteiger partial charge in [-0.1, -0.05) is 37.3 Å². The van der Waals surface area contributed by atoms with Gasteiger partial charge in [0.05, 0.1) is 6.61 Å². The molecule has 0 saturated heterocycles. The lowest BCUT2D eigenvalue weighted by molar-refractivity contribution is -0.132. The highest BCUT2D eigenvalue weighted by molar-refractivity contribution is 5.76. The van der Waals surface area contributed by atoms with Crippen molar-refractivity contribution >= 4 is 5.91 Å². The van der Waals surface area contributed by atoms with E-state index >= 15 is 0 Å². The fourth-order valence-corrected chi connectivity index (χ4v) is 1.79. The second-order valence-electron chi connectivity index (χ2n) is 4.67. The third-order valence-electron chi connectivity index (χ3n) is 3.10. The Labute approximate surface area is 115 Å². The van der Waals surface area contributed by atoms with E-state index in [0.717, 1.165) is 12.0 Å². The Hall–Kier alpha value is -1.39. The molecule has 2 N–H and O–H groups in total. The maximum absolute atomic E-state index is 12.2. The highest BCUT2D eigenvalue weighted by Crippen LogP contribution is 2.07. The molecule has 1 unspecified atom stereocenters. The highest BCUT2D eigenvalue weighted by Gasteiger charge is 2.16. The van der Waals surface area contributed by atoms with E-state index in [0.29, 0.717) is 26.1 Å². The van der Waals surface area contributed by atoms with E-state index < -0.39 is 0 Å². The van der Waals surface area contributed by atoms with Crippen molar-refractivity contribution in [2.24, 2.45) is 5.73 Å². The number of benzene rings is 1. The van der Waals surface area contributed by atoms with Crippen LogP contribution in [0.3, 0.4) is 0 Å². The van der Waals surface area contributed by atoms with Gasteiger partial charge in [0.25, 0.3) is 0 Å². The predicted octanol–water partition coefficient (Wildman–Crippen LogP) is 1.79. The van der Waals surface area contributed by atoms with E-state index in [1.54, 1.807) is 7.11 Å². The first-order valence-corrected chi connectivity index (χ1v) is 6.73. The molecule has 1 aromatic rings. The summed E-state index contributed by atoms with van der Waals surface area (Å²) < 4.78 is 5.07. The molecular weight excluding hydrogens is 240 g/mol. The molecule has 0 fully saturated rings. The van der Waals surface area contributed by atoms with E-state index in [9.17, 15) is 4.79 Å². The number of carbonyl (C=O) groups excluding carboxylic acids is 1. The second-order valence-corrected chi connectivity index (χ2v) is 4.67. The number of hydrogen-bond donors (Lipinski definition) is 1. The largest absolute Gasteiger partial charge is 0.383 e. The first-order valence-electron chi connectivity index (χ1n) is 6.73. The normalized spacial score (nSPS) is 12.2. The fourth-order valence-electron chi connectivity index (χ4n) is 1.79. The second kappa shape index (κ2) is 8.67. The quantitative estimate of drug-likeness (QED) is 0.779. The van der Waals surface area contributed by atoms with Crippen molar-refractivity contribution in [3.8, 4) is 0 Å². The Kier molecular flexibility index (Phi) is 7.15. The summed E-state index contributed by atoms with van der Waals surface area (Å²) in [5.74, 6) is 0.0928. The van der Waals surface area contributed by atoms with E-state index in [4.69, 9.17) is 10.5 Å². The van der Waals surface area contributed by atoms with Crippen molar-refractivity contribution in [1.82, 2.24) is 4.90 Å². The standard InChI is InChI=1S/C15H24N2O2/c1-3-14(16)11-15(18)17(9-10-19-2)12-13-7-5-4-6-8-13/h4-8,14H,3,9-12,16H2,1-2H3. The molecule has 0 aliphatic carbocycles. The molecule has 1 rings (SSSR count). The van der Waals surface area contributed by atoms with Crippen LogP contribution in [0.5, 0.6) is 0 Å². The van der Waals surface area contributed by atoms with Crippen LogP contribution in [-0.4, -0.2) is 37.1 Å². The monoisotopic (exact) mass is 264 g/mol. The van der Waals surface area contributed by atoms with Crippen LogP contribution in [0.4, 0.5) is 0 Å². The average molecular weight is 264 g/mol. The maximum atomic E-state index is 12.2. The average Bonchev–Trinajstić information content (AvgIpc) is 2.44. The number of nitrogens with zero attached hydrogens (tertiary/aromatic N) is 1. The van der Waals surface area contributed by atoms with Gasteiger partial charge in [-0.25, -0.2) is 0 Å². The third kappa shape index (κ3) is 5.85. The molecule has 1 aromatic carbocycles. The lowest BCUT2D eigenvalue weighted by Gasteiger charge is -2.24. The minimum absolute atomic E-state index is 0.0617. The van der Waals surface area contributed by atoms with E-state index in [1.807, 2.05) is 42.2 Å². The summed E-state index contributed by atoms with van der Waals surface area (Å²) in [6.07, 6.45) is 1.21. The molecule has 0 aliphatic heterocycles. The predicted molar refractivity (Wildman–Crippen MR) is 76.6 cm³/mol. The summed E-state index contributed by atoms with van der Waals surface area (Å²) >= 11 is 0. The Morgan fingerprint density at radius 3 is 2.63 bits per heavy atom. The first kappa shape index (κ1) is 15.7. The molecule has 1 atom stereocenters. The number of nitrogens with two attached hydrogens (primary N) is 1. The summed E-state index contributed by atoms with van der Waals surface area (Å²) in [5.41, 5.74) is 6.98. The highest BCUT2D eigenvalue weighted by atomic mass is 16.5. The van der Waals surface area contributed by atoms with Crippen LogP contribution in [0.25, 0.3) is 0 Å². The molecular formula is C15H24N2O2. The van der Waals surface area contributed by atoms with Crippen LogP contribution in [0.2, 0.25) is 0 Å². The third-order valence-corrected chi connectivity index (χ3v) is 3.10. The lowest BCUT2D eigenvalue weighted by Crippen LogP contribution is -2.37. The van der Waals surface area contributed by atoms with E-state index in [2.05, 4.69) is 0 Å². The summed E-state index contributed by atoms with van der Waals surface area (Å²) in [6.45, 7) is 3.74.